The van der Waals surface area contributed by atoms with Crippen LogP contribution in [0.5, 0.6) is 0 Å². The molecule has 0 aliphatic carbocycles. The molecule has 2 N–H and O–H groups in total. The SMILES string of the molecule is CSc1ccc(CN(C)[C@@H](C)C(=O)NCC(=O)Nc2c(C)cccc2C)cc1. The molecule has 2 rings (SSSR count). The van der Waals surface area contributed by atoms with Gasteiger partial charge in [-0.3, -0.25) is 14.5 Å². The Balaban J connectivity index is 1.84. The van der Waals surface area contributed by atoms with Crippen LogP contribution in [0.25, 0.3) is 0 Å². The van der Waals surface area contributed by atoms with Gasteiger partial charge < -0.3 is 10.6 Å². The second-order valence-electron chi connectivity index (χ2n) is 6.97. The quantitative estimate of drug-likeness (QED) is 0.666. The molecule has 150 valence electrons. The number of carbonyl (C=O) groups excluding carboxylic acids is 2. The number of hydrogen-bond donors (Lipinski definition) is 2. The molecular weight excluding hydrogens is 370 g/mol. The lowest BCUT2D eigenvalue weighted by atomic mass is 10.1. The van der Waals surface area contributed by atoms with Crippen LogP contribution < -0.4 is 10.6 Å². The zero-order valence-electron chi connectivity index (χ0n) is 17.2. The fourth-order valence-electron chi connectivity index (χ4n) is 2.87. The van der Waals surface area contributed by atoms with E-state index in [9.17, 15) is 9.59 Å². The van der Waals surface area contributed by atoms with Crippen molar-refractivity contribution in [3.05, 3.63) is 59.2 Å². The monoisotopic (exact) mass is 399 g/mol. The number of amides is 2. The third kappa shape index (κ3) is 6.11. The lowest BCUT2D eigenvalue weighted by molar-refractivity contribution is -0.127. The molecule has 0 heterocycles. The smallest absolute Gasteiger partial charge is 0.243 e. The molecule has 0 saturated carbocycles. The van der Waals surface area contributed by atoms with Gasteiger partial charge in [0.15, 0.2) is 0 Å². The van der Waals surface area contributed by atoms with E-state index in [1.54, 1.807) is 11.8 Å². The molecule has 0 aliphatic heterocycles. The summed E-state index contributed by atoms with van der Waals surface area (Å²) in [6, 6.07) is 13.8. The summed E-state index contributed by atoms with van der Waals surface area (Å²) in [4.78, 5) is 27.8. The van der Waals surface area contributed by atoms with Crippen LogP contribution in [0.1, 0.15) is 23.6 Å². The summed E-state index contributed by atoms with van der Waals surface area (Å²) in [5.74, 6) is -0.395. The maximum atomic E-state index is 12.4. The van der Waals surface area contributed by atoms with Crippen molar-refractivity contribution in [1.29, 1.82) is 0 Å². The number of nitrogens with one attached hydrogen (secondary N) is 2. The summed E-state index contributed by atoms with van der Waals surface area (Å²) in [6.07, 6.45) is 2.05. The summed E-state index contributed by atoms with van der Waals surface area (Å²) in [5.41, 5.74) is 3.95. The molecule has 0 fully saturated rings. The van der Waals surface area contributed by atoms with Crippen LogP contribution in [0.3, 0.4) is 0 Å². The standard InChI is InChI=1S/C22H29N3O2S/c1-15-7-6-8-16(2)21(15)24-20(26)13-23-22(27)17(3)25(4)14-18-9-11-19(28-5)12-10-18/h6-12,17H,13-14H2,1-5H3,(H,23,27)(H,24,26)/t17-/m0/s1. The minimum Gasteiger partial charge on any atom is -0.346 e. The van der Waals surface area contributed by atoms with Gasteiger partial charge in [0.1, 0.15) is 0 Å². The van der Waals surface area contributed by atoms with Gasteiger partial charge in [-0.2, -0.15) is 0 Å². The summed E-state index contributed by atoms with van der Waals surface area (Å²) >= 11 is 1.70. The Kier molecular flexibility index (Phi) is 8.08. The third-order valence-electron chi connectivity index (χ3n) is 4.80. The number of likely N-dealkylation sites (N-methyl/N-ethyl adjacent to an activating group) is 1. The highest BCUT2D eigenvalue weighted by Gasteiger charge is 2.19. The highest BCUT2D eigenvalue weighted by molar-refractivity contribution is 7.98. The predicted molar refractivity (Wildman–Crippen MR) is 117 cm³/mol. The van der Waals surface area contributed by atoms with Gasteiger partial charge in [-0.15, -0.1) is 11.8 Å². The van der Waals surface area contributed by atoms with Crippen LogP contribution in [-0.2, 0) is 16.1 Å². The van der Waals surface area contributed by atoms with Crippen LogP contribution >= 0.6 is 11.8 Å². The lowest BCUT2D eigenvalue weighted by Crippen LogP contribution is -2.45. The van der Waals surface area contributed by atoms with Crippen LogP contribution in [0.2, 0.25) is 0 Å². The Hall–Kier alpha value is -2.31. The van der Waals surface area contributed by atoms with Gasteiger partial charge in [0.25, 0.3) is 0 Å². The Morgan fingerprint density at radius 2 is 1.68 bits per heavy atom. The van der Waals surface area contributed by atoms with Gasteiger partial charge in [0.05, 0.1) is 12.6 Å². The molecule has 28 heavy (non-hydrogen) atoms. The zero-order chi connectivity index (χ0) is 20.7. The van der Waals surface area contributed by atoms with E-state index in [2.05, 4.69) is 34.9 Å². The van der Waals surface area contributed by atoms with Crippen molar-refractivity contribution in [2.45, 2.75) is 38.3 Å². The Labute approximate surface area is 171 Å². The number of hydrogen-bond acceptors (Lipinski definition) is 4. The second kappa shape index (κ2) is 10.3. The molecule has 0 aliphatic rings. The van der Waals surface area contributed by atoms with E-state index < -0.39 is 0 Å². The number of thioether (sulfide) groups is 1. The summed E-state index contributed by atoms with van der Waals surface area (Å²) in [5, 5.41) is 5.61. The van der Waals surface area contributed by atoms with E-state index in [4.69, 9.17) is 0 Å². The maximum Gasteiger partial charge on any atom is 0.243 e. The maximum absolute atomic E-state index is 12.4. The van der Waals surface area contributed by atoms with Crippen LogP contribution in [0.4, 0.5) is 5.69 Å². The molecule has 1 atom stereocenters. The number of anilines is 1. The highest BCUT2D eigenvalue weighted by Crippen LogP contribution is 2.19. The van der Waals surface area contributed by atoms with Gasteiger partial charge in [0, 0.05) is 17.1 Å². The van der Waals surface area contributed by atoms with Gasteiger partial charge in [0.2, 0.25) is 11.8 Å². The first-order chi connectivity index (χ1) is 13.3. The summed E-state index contributed by atoms with van der Waals surface area (Å²) in [6.45, 7) is 6.36. The van der Waals surface area contributed by atoms with Crippen LogP contribution in [0, 0.1) is 13.8 Å². The molecule has 6 heteroatoms. The Bertz CT molecular complexity index is 801. The average molecular weight is 400 g/mol. The molecule has 5 nitrogen and oxygen atoms in total. The van der Waals surface area contributed by atoms with Crippen molar-refractivity contribution in [2.75, 3.05) is 25.2 Å². The topological polar surface area (TPSA) is 61.4 Å². The van der Waals surface area contributed by atoms with Crippen molar-refractivity contribution in [1.82, 2.24) is 10.2 Å². The molecule has 0 bridgehead atoms. The van der Waals surface area contributed by atoms with Crippen molar-refractivity contribution in [2.24, 2.45) is 0 Å². The van der Waals surface area contributed by atoms with E-state index in [1.807, 2.05) is 57.2 Å². The van der Waals surface area contributed by atoms with Gasteiger partial charge in [-0.05, 0) is 62.9 Å². The largest absolute Gasteiger partial charge is 0.346 e. The minimum atomic E-state index is -0.340. The number of aryl methyl sites for hydroxylation is 2. The number of carbonyl (C=O) groups is 2. The molecule has 0 unspecified atom stereocenters. The summed E-state index contributed by atoms with van der Waals surface area (Å²) < 4.78 is 0. The molecule has 0 aromatic heterocycles. The first kappa shape index (κ1) is 22.0. The van der Waals surface area contributed by atoms with Gasteiger partial charge in [-0.1, -0.05) is 30.3 Å². The first-order valence-electron chi connectivity index (χ1n) is 9.28. The van der Waals surface area contributed by atoms with E-state index in [-0.39, 0.29) is 24.4 Å². The van der Waals surface area contributed by atoms with Crippen LogP contribution in [0.15, 0.2) is 47.4 Å². The van der Waals surface area contributed by atoms with E-state index >= 15 is 0 Å². The lowest BCUT2D eigenvalue weighted by Gasteiger charge is -2.24. The van der Waals surface area contributed by atoms with Crippen LogP contribution in [-0.4, -0.2) is 42.6 Å². The van der Waals surface area contributed by atoms with Crippen molar-refractivity contribution in [3.8, 4) is 0 Å². The van der Waals surface area contributed by atoms with E-state index in [0.717, 1.165) is 22.4 Å². The average Bonchev–Trinajstić information content (AvgIpc) is 2.69. The van der Waals surface area contributed by atoms with Crippen molar-refractivity contribution < 1.29 is 9.59 Å². The molecule has 0 saturated heterocycles. The summed E-state index contributed by atoms with van der Waals surface area (Å²) in [7, 11) is 1.91. The van der Waals surface area contributed by atoms with Crippen molar-refractivity contribution in [3.63, 3.8) is 0 Å². The second-order valence-corrected chi connectivity index (χ2v) is 7.85. The third-order valence-corrected chi connectivity index (χ3v) is 5.54. The zero-order valence-corrected chi connectivity index (χ0v) is 18.0. The Morgan fingerprint density at radius 3 is 2.25 bits per heavy atom. The van der Waals surface area contributed by atoms with Gasteiger partial charge >= 0.3 is 0 Å². The molecular formula is C22H29N3O2S. The normalized spacial score (nSPS) is 11.9. The molecule has 0 radical (unpaired) electrons. The fraction of sp³-hybridized carbons (Fsp3) is 0.364. The molecule has 0 spiro atoms. The van der Waals surface area contributed by atoms with E-state index in [0.29, 0.717) is 6.54 Å². The predicted octanol–water partition coefficient (Wildman–Crippen LogP) is 3.60. The fourth-order valence-corrected chi connectivity index (χ4v) is 3.27. The van der Waals surface area contributed by atoms with Crippen molar-refractivity contribution >= 4 is 29.3 Å². The first-order valence-corrected chi connectivity index (χ1v) is 10.5. The molecule has 2 aromatic carbocycles. The number of para-hydroxylation sites is 1. The molecule has 2 aromatic rings. The number of rotatable bonds is 8. The Morgan fingerprint density at radius 1 is 1.07 bits per heavy atom. The van der Waals surface area contributed by atoms with Gasteiger partial charge in [-0.25, -0.2) is 0 Å². The number of nitrogens with zero attached hydrogens (tertiary/aromatic N) is 1. The minimum absolute atomic E-state index is 0.0484. The highest BCUT2D eigenvalue weighted by atomic mass is 32.2. The van der Waals surface area contributed by atoms with E-state index in [1.165, 1.54) is 4.90 Å². The molecule has 2 amide bonds. The number of benzene rings is 2.